The first-order valence-electron chi connectivity index (χ1n) is 6.76. The number of carbonyl (C=O) groups is 2. The first-order chi connectivity index (χ1) is 9.88. The Bertz CT molecular complexity index is 487. The van der Waals surface area contributed by atoms with Gasteiger partial charge in [-0.05, 0) is 25.0 Å². The van der Waals surface area contributed by atoms with Crippen molar-refractivity contribution in [1.82, 2.24) is 5.32 Å². The van der Waals surface area contributed by atoms with E-state index in [-0.39, 0.29) is 6.61 Å². The quantitative estimate of drug-likeness (QED) is 0.762. The van der Waals surface area contributed by atoms with Crippen LogP contribution in [0.5, 0.6) is 11.5 Å². The zero-order chi connectivity index (χ0) is 15.8. The average molecular weight is 295 g/mol. The van der Waals surface area contributed by atoms with Crippen molar-refractivity contribution >= 4 is 11.9 Å². The van der Waals surface area contributed by atoms with Crippen LogP contribution >= 0.6 is 0 Å². The van der Waals surface area contributed by atoms with Gasteiger partial charge in [-0.15, -0.1) is 0 Å². The monoisotopic (exact) mass is 295 g/mol. The first kappa shape index (κ1) is 16.8. The van der Waals surface area contributed by atoms with Gasteiger partial charge in [0.05, 0.1) is 6.61 Å². The van der Waals surface area contributed by atoms with E-state index in [1.165, 1.54) is 6.92 Å². The van der Waals surface area contributed by atoms with E-state index in [9.17, 15) is 9.59 Å². The van der Waals surface area contributed by atoms with Gasteiger partial charge in [0.15, 0.2) is 6.61 Å². The number of ether oxygens (including phenoxy) is 2. The molecule has 116 valence electrons. The molecule has 0 spiro atoms. The molecule has 6 nitrogen and oxygen atoms in total. The van der Waals surface area contributed by atoms with Crippen LogP contribution in [0.4, 0.5) is 0 Å². The number of hydrogen-bond donors (Lipinski definition) is 2. The first-order valence-corrected chi connectivity index (χ1v) is 6.76. The predicted molar refractivity (Wildman–Crippen MR) is 77.5 cm³/mol. The summed E-state index contributed by atoms with van der Waals surface area (Å²) in [5.74, 6) is -0.00131. The lowest BCUT2D eigenvalue weighted by atomic mass is 10.2. The van der Waals surface area contributed by atoms with Crippen LogP contribution in [0.15, 0.2) is 24.3 Å². The Morgan fingerprint density at radius 3 is 2.38 bits per heavy atom. The van der Waals surface area contributed by atoms with Crippen molar-refractivity contribution in [2.75, 3.05) is 13.2 Å². The number of rotatable bonds is 8. The van der Waals surface area contributed by atoms with Crippen molar-refractivity contribution in [2.24, 2.45) is 5.92 Å². The number of carboxylic acids is 1. The zero-order valence-corrected chi connectivity index (χ0v) is 12.5. The molecule has 0 saturated heterocycles. The highest BCUT2D eigenvalue weighted by atomic mass is 16.5. The molecule has 0 fully saturated rings. The highest BCUT2D eigenvalue weighted by Gasteiger charge is 2.14. The fraction of sp³-hybridized carbons (Fsp3) is 0.467. The molecular formula is C15H21NO5. The number of aliphatic carboxylic acids is 1. The maximum Gasteiger partial charge on any atom is 0.325 e. The molecule has 0 aliphatic heterocycles. The SMILES string of the molecule is CC(C)COc1cccc(OCC(=O)N[C@@H](C)C(=O)O)c1. The second-order valence-corrected chi connectivity index (χ2v) is 5.10. The topological polar surface area (TPSA) is 84.9 Å². The molecule has 1 aromatic rings. The third kappa shape index (κ3) is 6.65. The molecule has 0 aromatic heterocycles. The fourth-order valence-corrected chi connectivity index (χ4v) is 1.41. The van der Waals surface area contributed by atoms with Crippen molar-refractivity contribution in [3.63, 3.8) is 0 Å². The molecule has 0 heterocycles. The Kier molecular flexibility index (Phi) is 6.52. The van der Waals surface area contributed by atoms with E-state index in [0.717, 1.165) is 0 Å². The summed E-state index contributed by atoms with van der Waals surface area (Å²) in [6.07, 6.45) is 0. The van der Waals surface area contributed by atoms with Crippen LogP contribution in [0.2, 0.25) is 0 Å². The normalized spacial score (nSPS) is 11.8. The van der Waals surface area contributed by atoms with Gasteiger partial charge in [-0.2, -0.15) is 0 Å². The van der Waals surface area contributed by atoms with Gasteiger partial charge in [0, 0.05) is 6.07 Å². The molecule has 6 heteroatoms. The molecule has 1 atom stereocenters. The van der Waals surface area contributed by atoms with Crippen molar-refractivity contribution in [2.45, 2.75) is 26.8 Å². The average Bonchev–Trinajstić information content (AvgIpc) is 2.43. The van der Waals surface area contributed by atoms with Gasteiger partial charge >= 0.3 is 5.97 Å². The van der Waals surface area contributed by atoms with E-state index >= 15 is 0 Å². The highest BCUT2D eigenvalue weighted by molar-refractivity contribution is 5.84. The molecule has 1 amide bonds. The smallest absolute Gasteiger partial charge is 0.325 e. The number of benzene rings is 1. The molecule has 0 unspecified atom stereocenters. The Morgan fingerprint density at radius 1 is 1.19 bits per heavy atom. The Hall–Kier alpha value is -2.24. The number of nitrogens with one attached hydrogen (secondary N) is 1. The molecule has 0 radical (unpaired) electrons. The van der Waals surface area contributed by atoms with Gasteiger partial charge < -0.3 is 19.9 Å². The van der Waals surface area contributed by atoms with Crippen LogP contribution in [0.25, 0.3) is 0 Å². The Labute approximate surface area is 124 Å². The largest absolute Gasteiger partial charge is 0.493 e. The van der Waals surface area contributed by atoms with Gasteiger partial charge in [0.25, 0.3) is 5.91 Å². The van der Waals surface area contributed by atoms with E-state index in [4.69, 9.17) is 14.6 Å². The van der Waals surface area contributed by atoms with Crippen molar-refractivity contribution in [1.29, 1.82) is 0 Å². The molecule has 2 N–H and O–H groups in total. The summed E-state index contributed by atoms with van der Waals surface area (Å²) in [7, 11) is 0. The van der Waals surface area contributed by atoms with Crippen molar-refractivity contribution in [3.05, 3.63) is 24.3 Å². The summed E-state index contributed by atoms with van der Waals surface area (Å²) in [5.41, 5.74) is 0. The van der Waals surface area contributed by atoms with Crippen LogP contribution in [0, 0.1) is 5.92 Å². The molecular weight excluding hydrogens is 274 g/mol. The van der Waals surface area contributed by atoms with E-state index in [1.807, 2.05) is 19.9 Å². The second-order valence-electron chi connectivity index (χ2n) is 5.10. The summed E-state index contributed by atoms with van der Waals surface area (Å²) in [5, 5.41) is 11.0. The van der Waals surface area contributed by atoms with Crippen LogP contribution in [0.3, 0.4) is 0 Å². The lowest BCUT2D eigenvalue weighted by Crippen LogP contribution is -2.40. The molecule has 0 bridgehead atoms. The minimum Gasteiger partial charge on any atom is -0.493 e. The zero-order valence-electron chi connectivity index (χ0n) is 12.5. The standard InChI is InChI=1S/C15H21NO5/c1-10(2)8-20-12-5-4-6-13(7-12)21-9-14(17)16-11(3)15(18)19/h4-7,10-11H,8-9H2,1-3H3,(H,16,17)(H,18,19)/t11-/m0/s1. The van der Waals surface area contributed by atoms with Gasteiger partial charge in [-0.1, -0.05) is 19.9 Å². The Balaban J connectivity index is 2.46. The lowest BCUT2D eigenvalue weighted by molar-refractivity contribution is -0.141. The van der Waals surface area contributed by atoms with E-state index in [1.54, 1.807) is 18.2 Å². The van der Waals surface area contributed by atoms with Gasteiger partial charge in [-0.25, -0.2) is 0 Å². The highest BCUT2D eigenvalue weighted by Crippen LogP contribution is 2.19. The van der Waals surface area contributed by atoms with Gasteiger partial charge in [-0.3, -0.25) is 9.59 Å². The molecule has 21 heavy (non-hydrogen) atoms. The van der Waals surface area contributed by atoms with Crippen LogP contribution in [-0.2, 0) is 9.59 Å². The van der Waals surface area contributed by atoms with Crippen LogP contribution in [0.1, 0.15) is 20.8 Å². The second kappa shape index (κ2) is 8.14. The van der Waals surface area contributed by atoms with Gasteiger partial charge in [0.2, 0.25) is 0 Å². The van der Waals surface area contributed by atoms with Gasteiger partial charge in [0.1, 0.15) is 17.5 Å². The van der Waals surface area contributed by atoms with Crippen molar-refractivity contribution < 1.29 is 24.2 Å². The molecule has 1 aromatic carbocycles. The number of carbonyl (C=O) groups excluding carboxylic acids is 1. The number of hydrogen-bond acceptors (Lipinski definition) is 4. The number of amides is 1. The summed E-state index contributed by atoms with van der Waals surface area (Å²) in [4.78, 5) is 22.1. The minimum absolute atomic E-state index is 0.245. The molecule has 0 saturated carbocycles. The summed E-state index contributed by atoms with van der Waals surface area (Å²) >= 11 is 0. The third-order valence-corrected chi connectivity index (χ3v) is 2.51. The van der Waals surface area contributed by atoms with Crippen molar-refractivity contribution in [3.8, 4) is 11.5 Å². The fourth-order valence-electron chi connectivity index (χ4n) is 1.41. The lowest BCUT2D eigenvalue weighted by Gasteiger charge is -2.12. The third-order valence-electron chi connectivity index (χ3n) is 2.51. The maximum atomic E-state index is 11.5. The maximum absolute atomic E-state index is 11.5. The Morgan fingerprint density at radius 2 is 1.81 bits per heavy atom. The predicted octanol–water partition coefficient (Wildman–Crippen LogP) is 1.69. The summed E-state index contributed by atoms with van der Waals surface area (Å²) in [6, 6.07) is 6.03. The molecule has 0 aliphatic carbocycles. The van der Waals surface area contributed by atoms with Crippen LogP contribution in [-0.4, -0.2) is 36.2 Å². The summed E-state index contributed by atoms with van der Waals surface area (Å²) in [6.45, 7) is 5.84. The van der Waals surface area contributed by atoms with E-state index < -0.39 is 17.9 Å². The molecule has 1 rings (SSSR count). The minimum atomic E-state index is -1.09. The molecule has 0 aliphatic rings. The van der Waals surface area contributed by atoms with Crippen LogP contribution < -0.4 is 14.8 Å². The van der Waals surface area contributed by atoms with E-state index in [0.29, 0.717) is 24.0 Å². The van der Waals surface area contributed by atoms with E-state index in [2.05, 4.69) is 5.32 Å². The number of carboxylic acid groups (broad SMARTS) is 1. The summed E-state index contributed by atoms with van der Waals surface area (Å²) < 4.78 is 10.9.